The number of aromatic nitrogens is 2. The Hall–Kier alpha value is -2.41. The van der Waals surface area contributed by atoms with Crippen molar-refractivity contribution < 1.29 is 17.9 Å². The molecule has 1 heterocycles. The number of rotatable bonds is 2. The SMILES string of the molecule is CS(=O)(=O)c1cccc2[nH]c(-c3cc(F)ccc3O)nc12. The van der Waals surface area contributed by atoms with Crippen molar-refractivity contribution in [2.45, 2.75) is 4.90 Å². The fourth-order valence-corrected chi connectivity index (χ4v) is 2.96. The molecule has 0 radical (unpaired) electrons. The molecule has 0 saturated carbocycles. The fourth-order valence-electron chi connectivity index (χ4n) is 2.13. The highest BCUT2D eigenvalue weighted by molar-refractivity contribution is 7.91. The lowest BCUT2D eigenvalue weighted by molar-refractivity contribution is 0.475. The molecule has 1 aromatic heterocycles. The van der Waals surface area contributed by atoms with Crippen molar-refractivity contribution >= 4 is 20.9 Å². The Balaban J connectivity index is 2.30. The van der Waals surface area contributed by atoms with Crippen LogP contribution in [-0.4, -0.2) is 29.7 Å². The van der Waals surface area contributed by atoms with Crippen LogP contribution in [0.1, 0.15) is 0 Å². The minimum absolute atomic E-state index is 0.0818. The van der Waals surface area contributed by atoms with E-state index in [1.54, 1.807) is 12.1 Å². The number of phenolic OH excluding ortho intramolecular Hbond substituents is 1. The molecule has 0 aliphatic rings. The Bertz CT molecular complexity index is 948. The summed E-state index contributed by atoms with van der Waals surface area (Å²) in [5, 5.41) is 9.80. The lowest BCUT2D eigenvalue weighted by Gasteiger charge is -2.00. The number of para-hydroxylation sites is 1. The maximum Gasteiger partial charge on any atom is 0.177 e. The smallest absolute Gasteiger partial charge is 0.177 e. The van der Waals surface area contributed by atoms with Crippen molar-refractivity contribution in [3.8, 4) is 17.1 Å². The molecule has 3 rings (SSSR count). The molecule has 0 saturated heterocycles. The predicted molar refractivity (Wildman–Crippen MR) is 76.3 cm³/mol. The van der Waals surface area contributed by atoms with Crippen molar-refractivity contribution in [3.05, 3.63) is 42.2 Å². The van der Waals surface area contributed by atoms with Crippen LogP contribution in [-0.2, 0) is 9.84 Å². The van der Waals surface area contributed by atoms with Crippen LogP contribution in [0.25, 0.3) is 22.4 Å². The summed E-state index contributed by atoms with van der Waals surface area (Å²) in [6, 6.07) is 8.18. The second kappa shape index (κ2) is 4.56. The molecule has 0 bridgehead atoms. The number of fused-ring (bicyclic) bond motifs is 1. The monoisotopic (exact) mass is 306 g/mol. The van der Waals surface area contributed by atoms with Gasteiger partial charge in [-0.1, -0.05) is 6.07 Å². The topological polar surface area (TPSA) is 83.0 Å². The molecule has 7 heteroatoms. The van der Waals surface area contributed by atoms with Gasteiger partial charge in [-0.25, -0.2) is 17.8 Å². The Morgan fingerprint density at radius 2 is 2.00 bits per heavy atom. The number of sulfone groups is 1. The minimum atomic E-state index is -3.44. The summed E-state index contributed by atoms with van der Waals surface area (Å²) in [4.78, 5) is 7.16. The first-order valence-electron chi connectivity index (χ1n) is 6.04. The number of halogens is 1. The molecule has 0 aliphatic heterocycles. The number of H-pyrrole nitrogens is 1. The van der Waals surface area contributed by atoms with Crippen molar-refractivity contribution in [3.63, 3.8) is 0 Å². The minimum Gasteiger partial charge on any atom is -0.507 e. The Kier molecular flexibility index (Phi) is 2.94. The summed E-state index contributed by atoms with van der Waals surface area (Å²) < 4.78 is 36.8. The third-order valence-electron chi connectivity index (χ3n) is 3.09. The van der Waals surface area contributed by atoms with Gasteiger partial charge in [0.15, 0.2) is 9.84 Å². The average molecular weight is 306 g/mol. The molecular formula is C14H11FN2O3S. The first-order valence-corrected chi connectivity index (χ1v) is 7.93. The highest BCUT2D eigenvalue weighted by Crippen LogP contribution is 2.30. The number of aromatic amines is 1. The zero-order valence-electron chi connectivity index (χ0n) is 11.0. The van der Waals surface area contributed by atoms with Crippen LogP contribution in [0, 0.1) is 5.82 Å². The van der Waals surface area contributed by atoms with E-state index < -0.39 is 15.7 Å². The van der Waals surface area contributed by atoms with E-state index in [1.807, 2.05) is 0 Å². The molecule has 0 spiro atoms. The van der Waals surface area contributed by atoms with Crippen molar-refractivity contribution in [1.82, 2.24) is 9.97 Å². The molecule has 0 amide bonds. The first kappa shape index (κ1) is 13.6. The van der Waals surface area contributed by atoms with Gasteiger partial charge in [-0.2, -0.15) is 0 Å². The summed E-state index contributed by atoms with van der Waals surface area (Å²) in [6.07, 6.45) is 1.09. The average Bonchev–Trinajstić information content (AvgIpc) is 2.83. The van der Waals surface area contributed by atoms with Crippen molar-refractivity contribution in [2.24, 2.45) is 0 Å². The lowest BCUT2D eigenvalue weighted by atomic mass is 10.2. The zero-order chi connectivity index (χ0) is 15.2. The van der Waals surface area contributed by atoms with E-state index in [-0.39, 0.29) is 27.5 Å². The predicted octanol–water partition coefficient (Wildman–Crippen LogP) is 2.48. The summed E-state index contributed by atoms with van der Waals surface area (Å²) in [5.41, 5.74) is 0.931. The summed E-state index contributed by atoms with van der Waals surface area (Å²) in [6.45, 7) is 0. The molecule has 0 atom stereocenters. The van der Waals surface area contributed by atoms with E-state index in [0.717, 1.165) is 18.4 Å². The van der Waals surface area contributed by atoms with Gasteiger partial charge < -0.3 is 10.1 Å². The van der Waals surface area contributed by atoms with Gasteiger partial charge in [0, 0.05) is 6.26 Å². The quantitative estimate of drug-likeness (QED) is 0.762. The molecule has 2 aromatic carbocycles. The third kappa shape index (κ3) is 2.36. The number of nitrogens with one attached hydrogen (secondary N) is 1. The number of phenols is 1. The summed E-state index contributed by atoms with van der Waals surface area (Å²) in [7, 11) is -3.44. The second-order valence-corrected chi connectivity index (χ2v) is 6.66. The fraction of sp³-hybridized carbons (Fsp3) is 0.0714. The van der Waals surface area contributed by atoms with Crippen LogP contribution >= 0.6 is 0 Å². The molecule has 0 unspecified atom stereocenters. The summed E-state index contributed by atoms with van der Waals surface area (Å²) in [5.74, 6) is -0.457. The molecular weight excluding hydrogens is 295 g/mol. The molecule has 3 aromatic rings. The lowest BCUT2D eigenvalue weighted by Crippen LogP contribution is -1.97. The molecule has 5 nitrogen and oxygen atoms in total. The maximum absolute atomic E-state index is 13.3. The van der Waals surface area contributed by atoms with Gasteiger partial charge in [-0.3, -0.25) is 0 Å². The van der Waals surface area contributed by atoms with Crippen LogP contribution < -0.4 is 0 Å². The van der Waals surface area contributed by atoms with Gasteiger partial charge in [0.05, 0.1) is 16.0 Å². The van der Waals surface area contributed by atoms with Crippen LogP contribution in [0.15, 0.2) is 41.3 Å². The van der Waals surface area contributed by atoms with Gasteiger partial charge in [0.1, 0.15) is 22.9 Å². The Labute approximate surface area is 120 Å². The highest BCUT2D eigenvalue weighted by atomic mass is 32.2. The second-order valence-electron chi connectivity index (χ2n) is 4.67. The number of hydrogen-bond acceptors (Lipinski definition) is 4. The van der Waals surface area contributed by atoms with Gasteiger partial charge in [0.2, 0.25) is 0 Å². The normalized spacial score (nSPS) is 11.9. The van der Waals surface area contributed by atoms with Crippen LogP contribution in [0.5, 0.6) is 5.75 Å². The van der Waals surface area contributed by atoms with Crippen LogP contribution in [0.2, 0.25) is 0 Å². The summed E-state index contributed by atoms with van der Waals surface area (Å²) >= 11 is 0. The highest BCUT2D eigenvalue weighted by Gasteiger charge is 2.17. The molecule has 0 fully saturated rings. The number of aromatic hydroxyl groups is 1. The largest absolute Gasteiger partial charge is 0.507 e. The number of imidazole rings is 1. The molecule has 0 aliphatic carbocycles. The van der Waals surface area contributed by atoms with E-state index in [9.17, 15) is 17.9 Å². The first-order chi connectivity index (χ1) is 9.86. The van der Waals surface area contributed by atoms with Gasteiger partial charge in [-0.05, 0) is 30.3 Å². The van der Waals surface area contributed by atoms with E-state index in [1.165, 1.54) is 12.1 Å². The van der Waals surface area contributed by atoms with Gasteiger partial charge >= 0.3 is 0 Å². The third-order valence-corrected chi connectivity index (χ3v) is 4.22. The van der Waals surface area contributed by atoms with Crippen LogP contribution in [0.4, 0.5) is 4.39 Å². The standard InChI is InChI=1S/C14H11FN2O3S/c1-21(19,20)12-4-2-3-10-13(12)17-14(16-10)9-7-8(15)5-6-11(9)18/h2-7,18H,1H3,(H,16,17). The number of nitrogens with zero attached hydrogens (tertiary/aromatic N) is 1. The van der Waals surface area contributed by atoms with E-state index >= 15 is 0 Å². The van der Waals surface area contributed by atoms with Gasteiger partial charge in [0.25, 0.3) is 0 Å². The van der Waals surface area contributed by atoms with Crippen molar-refractivity contribution in [2.75, 3.05) is 6.26 Å². The van der Waals surface area contributed by atoms with E-state index in [2.05, 4.69) is 9.97 Å². The molecule has 108 valence electrons. The maximum atomic E-state index is 13.3. The van der Waals surface area contributed by atoms with Gasteiger partial charge in [-0.15, -0.1) is 0 Å². The number of hydrogen-bond donors (Lipinski definition) is 2. The van der Waals surface area contributed by atoms with Crippen molar-refractivity contribution in [1.29, 1.82) is 0 Å². The van der Waals surface area contributed by atoms with E-state index in [0.29, 0.717) is 5.52 Å². The Morgan fingerprint density at radius 1 is 1.24 bits per heavy atom. The molecule has 2 N–H and O–H groups in total. The Morgan fingerprint density at radius 3 is 2.71 bits per heavy atom. The van der Waals surface area contributed by atoms with Crippen LogP contribution in [0.3, 0.4) is 0 Å². The van der Waals surface area contributed by atoms with E-state index in [4.69, 9.17) is 0 Å². The zero-order valence-corrected chi connectivity index (χ0v) is 11.8. The number of benzene rings is 2. The molecule has 21 heavy (non-hydrogen) atoms.